The predicted molar refractivity (Wildman–Crippen MR) is 83.7 cm³/mol. The second-order valence-electron chi connectivity index (χ2n) is 5.40. The molecule has 0 aliphatic carbocycles. The Morgan fingerprint density at radius 3 is 2.48 bits per heavy atom. The summed E-state index contributed by atoms with van der Waals surface area (Å²) in [7, 11) is -4.11. The van der Waals surface area contributed by atoms with Crippen molar-refractivity contribution in [1.82, 2.24) is 4.31 Å². The average Bonchev–Trinajstić information content (AvgIpc) is 3.00. The molecule has 1 saturated heterocycles. The molecule has 0 unspecified atom stereocenters. The molecule has 2 aromatic rings. The molecule has 0 N–H and O–H groups in total. The normalized spacial score (nSPS) is 19.2. The summed E-state index contributed by atoms with van der Waals surface area (Å²) in [6, 6.07) is 8.92. The molecule has 1 atom stereocenters. The molecule has 3 rings (SSSR count). The van der Waals surface area contributed by atoms with Crippen LogP contribution in [0.5, 0.6) is 0 Å². The van der Waals surface area contributed by atoms with Crippen LogP contribution in [-0.2, 0) is 10.0 Å². The highest BCUT2D eigenvalue weighted by molar-refractivity contribution is 7.89. The Labute approximate surface area is 138 Å². The first-order valence-corrected chi connectivity index (χ1v) is 8.94. The van der Waals surface area contributed by atoms with E-state index < -0.39 is 32.6 Å². The Hall–Kier alpha value is -1.50. The van der Waals surface area contributed by atoms with Gasteiger partial charge in [-0.3, -0.25) is 0 Å². The first-order valence-electron chi connectivity index (χ1n) is 7.12. The zero-order valence-corrected chi connectivity index (χ0v) is 13.6. The minimum absolute atomic E-state index is 0.269. The summed E-state index contributed by atoms with van der Waals surface area (Å²) < 4.78 is 54.0. The van der Waals surface area contributed by atoms with E-state index in [1.807, 2.05) is 0 Å². The van der Waals surface area contributed by atoms with Crippen LogP contribution >= 0.6 is 11.6 Å². The van der Waals surface area contributed by atoms with Gasteiger partial charge in [0.1, 0.15) is 16.5 Å². The van der Waals surface area contributed by atoms with Gasteiger partial charge >= 0.3 is 0 Å². The standard InChI is InChI=1S/C16H14ClF2NO2S/c17-12-5-3-11(4-6-12)15-2-1-9-20(15)23(21,22)16-10-13(18)7-8-14(16)19/h3-8,10,15H,1-2,9H2/t15-/m0/s1. The maximum atomic E-state index is 13.9. The minimum atomic E-state index is -4.11. The van der Waals surface area contributed by atoms with Crippen LogP contribution in [0, 0.1) is 11.6 Å². The van der Waals surface area contributed by atoms with Gasteiger partial charge in [0.2, 0.25) is 10.0 Å². The summed E-state index contributed by atoms with van der Waals surface area (Å²) in [5.74, 6) is -1.74. The Kier molecular flexibility index (Phi) is 4.40. The van der Waals surface area contributed by atoms with E-state index in [2.05, 4.69) is 0 Å². The maximum absolute atomic E-state index is 13.9. The van der Waals surface area contributed by atoms with E-state index in [4.69, 9.17) is 11.6 Å². The third kappa shape index (κ3) is 3.11. The Morgan fingerprint density at radius 1 is 1.09 bits per heavy atom. The highest BCUT2D eigenvalue weighted by atomic mass is 35.5. The number of hydrogen-bond donors (Lipinski definition) is 0. The van der Waals surface area contributed by atoms with Crippen LogP contribution in [0.3, 0.4) is 0 Å². The lowest BCUT2D eigenvalue weighted by Gasteiger charge is -2.24. The Balaban J connectivity index is 2.01. The number of rotatable bonds is 3. The molecule has 122 valence electrons. The Bertz CT molecular complexity index is 824. The molecule has 1 aliphatic rings. The van der Waals surface area contributed by atoms with Gasteiger partial charge in [-0.05, 0) is 48.7 Å². The van der Waals surface area contributed by atoms with E-state index in [1.165, 1.54) is 4.31 Å². The molecule has 0 bridgehead atoms. The zero-order valence-electron chi connectivity index (χ0n) is 12.0. The molecule has 23 heavy (non-hydrogen) atoms. The number of nitrogens with zero attached hydrogens (tertiary/aromatic N) is 1. The number of sulfonamides is 1. The molecule has 0 spiro atoms. The van der Waals surface area contributed by atoms with E-state index in [0.717, 1.165) is 23.8 Å². The molecule has 7 heteroatoms. The minimum Gasteiger partial charge on any atom is -0.207 e. The second-order valence-corrected chi connectivity index (χ2v) is 7.70. The van der Waals surface area contributed by atoms with Gasteiger partial charge in [-0.25, -0.2) is 17.2 Å². The predicted octanol–water partition coefficient (Wildman–Crippen LogP) is 4.14. The number of benzene rings is 2. The van der Waals surface area contributed by atoms with Crippen molar-refractivity contribution in [1.29, 1.82) is 0 Å². The van der Waals surface area contributed by atoms with E-state index in [0.29, 0.717) is 17.9 Å². The molecule has 2 aromatic carbocycles. The van der Waals surface area contributed by atoms with Crippen LogP contribution in [0.4, 0.5) is 8.78 Å². The van der Waals surface area contributed by atoms with E-state index in [-0.39, 0.29) is 6.54 Å². The van der Waals surface area contributed by atoms with Gasteiger partial charge in [0.25, 0.3) is 0 Å². The van der Waals surface area contributed by atoms with Crippen LogP contribution in [0.1, 0.15) is 24.4 Å². The summed E-state index contributed by atoms with van der Waals surface area (Å²) in [5, 5.41) is 0.553. The molecule has 0 amide bonds. The van der Waals surface area contributed by atoms with E-state index >= 15 is 0 Å². The first-order chi connectivity index (χ1) is 10.9. The largest absolute Gasteiger partial charge is 0.246 e. The van der Waals surface area contributed by atoms with Crippen LogP contribution in [-0.4, -0.2) is 19.3 Å². The van der Waals surface area contributed by atoms with Crippen molar-refractivity contribution in [2.45, 2.75) is 23.8 Å². The van der Waals surface area contributed by atoms with Crippen LogP contribution < -0.4 is 0 Å². The van der Waals surface area contributed by atoms with E-state index in [1.54, 1.807) is 24.3 Å². The molecule has 1 heterocycles. The topological polar surface area (TPSA) is 37.4 Å². The summed E-state index contributed by atoms with van der Waals surface area (Å²) in [4.78, 5) is -0.627. The van der Waals surface area contributed by atoms with Gasteiger partial charge < -0.3 is 0 Å². The lowest BCUT2D eigenvalue weighted by Crippen LogP contribution is -2.31. The SMILES string of the molecule is O=S(=O)(c1cc(F)ccc1F)N1CCC[C@H]1c1ccc(Cl)cc1. The average molecular weight is 358 g/mol. The summed E-state index contributed by atoms with van der Waals surface area (Å²) in [6.45, 7) is 0.269. The van der Waals surface area contributed by atoms with Gasteiger partial charge in [-0.15, -0.1) is 0 Å². The van der Waals surface area contributed by atoms with Crippen molar-refractivity contribution in [3.05, 3.63) is 64.7 Å². The first kappa shape index (κ1) is 16.4. The van der Waals surface area contributed by atoms with Gasteiger partial charge in [0.15, 0.2) is 0 Å². The summed E-state index contributed by atoms with van der Waals surface area (Å²) >= 11 is 5.86. The highest BCUT2D eigenvalue weighted by Crippen LogP contribution is 2.37. The van der Waals surface area contributed by atoms with Crippen LogP contribution in [0.2, 0.25) is 5.02 Å². The molecular formula is C16H14ClF2NO2S. The smallest absolute Gasteiger partial charge is 0.207 e. The summed E-state index contributed by atoms with van der Waals surface area (Å²) in [6.07, 6.45) is 1.28. The van der Waals surface area contributed by atoms with Crippen LogP contribution in [0.25, 0.3) is 0 Å². The van der Waals surface area contributed by atoms with Crippen molar-refractivity contribution in [3.63, 3.8) is 0 Å². The maximum Gasteiger partial charge on any atom is 0.246 e. The summed E-state index contributed by atoms with van der Waals surface area (Å²) in [5.41, 5.74) is 0.785. The fourth-order valence-corrected chi connectivity index (χ4v) is 4.73. The van der Waals surface area contributed by atoms with Gasteiger partial charge in [0, 0.05) is 11.6 Å². The number of hydrogen-bond acceptors (Lipinski definition) is 2. The van der Waals surface area contributed by atoms with Gasteiger partial charge in [-0.1, -0.05) is 23.7 Å². The Morgan fingerprint density at radius 2 is 1.78 bits per heavy atom. The molecule has 0 aromatic heterocycles. The van der Waals surface area contributed by atoms with Crippen molar-refractivity contribution in [2.24, 2.45) is 0 Å². The molecule has 3 nitrogen and oxygen atoms in total. The lowest BCUT2D eigenvalue weighted by molar-refractivity contribution is 0.393. The fourth-order valence-electron chi connectivity index (χ4n) is 2.85. The van der Waals surface area contributed by atoms with Crippen LogP contribution in [0.15, 0.2) is 47.4 Å². The third-order valence-electron chi connectivity index (χ3n) is 3.94. The molecule has 0 radical (unpaired) electrons. The molecule has 0 saturated carbocycles. The van der Waals surface area contributed by atoms with Gasteiger partial charge in [-0.2, -0.15) is 4.31 Å². The molecule has 1 aliphatic heterocycles. The molecule has 1 fully saturated rings. The van der Waals surface area contributed by atoms with Crippen molar-refractivity contribution < 1.29 is 17.2 Å². The monoisotopic (exact) mass is 357 g/mol. The van der Waals surface area contributed by atoms with Crippen molar-refractivity contribution >= 4 is 21.6 Å². The zero-order chi connectivity index (χ0) is 16.6. The van der Waals surface area contributed by atoms with Crippen molar-refractivity contribution in [2.75, 3.05) is 6.54 Å². The number of halogens is 3. The highest BCUT2D eigenvalue weighted by Gasteiger charge is 2.37. The second kappa shape index (κ2) is 6.19. The fraction of sp³-hybridized carbons (Fsp3) is 0.250. The lowest BCUT2D eigenvalue weighted by atomic mass is 10.1. The molecular weight excluding hydrogens is 344 g/mol. The third-order valence-corrected chi connectivity index (χ3v) is 6.11. The van der Waals surface area contributed by atoms with Crippen molar-refractivity contribution in [3.8, 4) is 0 Å². The van der Waals surface area contributed by atoms with Gasteiger partial charge in [0.05, 0.1) is 6.04 Å². The quantitative estimate of drug-likeness (QED) is 0.827. The van der Waals surface area contributed by atoms with E-state index in [9.17, 15) is 17.2 Å².